The van der Waals surface area contributed by atoms with Crippen molar-refractivity contribution in [2.75, 3.05) is 38.6 Å². The first-order chi connectivity index (χ1) is 17.2. The third-order valence-corrected chi connectivity index (χ3v) is 9.56. The van der Waals surface area contributed by atoms with E-state index in [4.69, 9.17) is 0 Å². The van der Waals surface area contributed by atoms with Crippen molar-refractivity contribution in [2.24, 2.45) is 0 Å². The van der Waals surface area contributed by atoms with Crippen LogP contribution in [0.2, 0.25) is 0 Å². The number of carbonyl (C=O) groups is 1. The Hall–Kier alpha value is -2.40. The smallest absolute Gasteiger partial charge is 0.260 e. The maximum atomic E-state index is 13.7. The molecule has 7 nitrogen and oxygen atoms in total. The molecule has 194 valence electrons. The summed E-state index contributed by atoms with van der Waals surface area (Å²) in [5.41, 5.74) is 1.02. The predicted octanol–water partition coefficient (Wildman–Crippen LogP) is 4.99. The van der Waals surface area contributed by atoms with Crippen LogP contribution in [0.1, 0.15) is 49.4 Å². The van der Waals surface area contributed by atoms with Crippen molar-refractivity contribution in [3.63, 3.8) is 0 Å². The van der Waals surface area contributed by atoms with Gasteiger partial charge in [0.1, 0.15) is 5.82 Å². The van der Waals surface area contributed by atoms with E-state index < -0.39 is 10.0 Å². The lowest BCUT2D eigenvalue weighted by atomic mass is 10.0. The van der Waals surface area contributed by atoms with Gasteiger partial charge in [-0.15, -0.1) is 0 Å². The molecule has 2 aromatic carbocycles. The Morgan fingerprint density at radius 1 is 1.14 bits per heavy atom. The minimum atomic E-state index is -3.63. The third kappa shape index (κ3) is 5.77. The quantitative estimate of drug-likeness (QED) is 0.388. The van der Waals surface area contributed by atoms with Gasteiger partial charge in [-0.2, -0.15) is 4.31 Å². The molecule has 0 spiro atoms. The Bertz CT molecular complexity index is 1310. The zero-order chi connectivity index (χ0) is 25.9. The molecule has 1 aliphatic heterocycles. The lowest BCUT2D eigenvalue weighted by molar-refractivity contribution is 0.0986. The number of rotatable bonds is 9. The summed E-state index contributed by atoms with van der Waals surface area (Å²) in [7, 11) is 0.313. The maximum absolute atomic E-state index is 13.7. The van der Waals surface area contributed by atoms with Crippen molar-refractivity contribution >= 4 is 42.6 Å². The molecule has 1 atom stereocenters. The number of thiazole rings is 1. The molecule has 10 heteroatoms. The average molecular weight is 533 g/mol. The van der Waals surface area contributed by atoms with Crippen LogP contribution in [-0.2, 0) is 10.0 Å². The third-order valence-electron chi connectivity index (χ3n) is 6.55. The number of nitrogens with zero attached hydrogens (tertiary/aromatic N) is 4. The molecule has 1 fully saturated rings. The molecule has 1 unspecified atom stereocenters. The zero-order valence-electron chi connectivity index (χ0n) is 21.0. The predicted molar refractivity (Wildman–Crippen MR) is 143 cm³/mol. The standard InChI is InChI=1S/C26H33FN4O3S2/c1-4-21-8-5-6-17-31(21)36(33,34)22-12-9-19(10-13-22)25(32)30(16-7-15-29(2)3)26-28-23-14-11-20(27)18-24(23)35-26/h9-14,18,21H,4-8,15-17H2,1-3H3. The van der Waals surface area contributed by atoms with Crippen LogP contribution in [0.25, 0.3) is 10.2 Å². The van der Waals surface area contributed by atoms with E-state index in [1.54, 1.807) is 27.4 Å². The normalized spacial score (nSPS) is 17.1. The zero-order valence-corrected chi connectivity index (χ0v) is 22.6. The van der Waals surface area contributed by atoms with E-state index in [2.05, 4.69) is 4.98 Å². The van der Waals surface area contributed by atoms with Gasteiger partial charge in [-0.05, 0) is 88.8 Å². The molecule has 0 N–H and O–H groups in total. The number of sulfonamides is 1. The lowest BCUT2D eigenvalue weighted by Crippen LogP contribution is -2.43. The Balaban J connectivity index is 1.60. The van der Waals surface area contributed by atoms with Crippen molar-refractivity contribution < 1.29 is 17.6 Å². The number of amides is 1. The number of hydrogen-bond donors (Lipinski definition) is 0. The minimum absolute atomic E-state index is 0.0149. The highest BCUT2D eigenvalue weighted by atomic mass is 32.2. The van der Waals surface area contributed by atoms with Gasteiger partial charge >= 0.3 is 0 Å². The molecular formula is C26H33FN4O3S2. The minimum Gasteiger partial charge on any atom is -0.309 e. The molecule has 1 aliphatic rings. The topological polar surface area (TPSA) is 73.8 Å². The van der Waals surface area contributed by atoms with Crippen molar-refractivity contribution in [3.05, 3.63) is 53.8 Å². The van der Waals surface area contributed by atoms with Crippen molar-refractivity contribution in [1.82, 2.24) is 14.2 Å². The van der Waals surface area contributed by atoms with E-state index in [1.165, 1.54) is 35.6 Å². The van der Waals surface area contributed by atoms with E-state index in [-0.39, 0.29) is 22.7 Å². The first-order valence-electron chi connectivity index (χ1n) is 12.4. The van der Waals surface area contributed by atoms with E-state index in [0.717, 1.165) is 38.6 Å². The molecule has 0 saturated carbocycles. The van der Waals surface area contributed by atoms with Gasteiger partial charge in [0.25, 0.3) is 5.91 Å². The molecule has 3 aromatic rings. The summed E-state index contributed by atoms with van der Waals surface area (Å²) in [4.78, 5) is 22.0. The molecule has 4 rings (SSSR count). The fourth-order valence-electron chi connectivity index (χ4n) is 4.59. The molecule has 0 radical (unpaired) electrons. The van der Waals surface area contributed by atoms with Crippen LogP contribution in [0.5, 0.6) is 0 Å². The second-order valence-electron chi connectivity index (χ2n) is 9.42. The van der Waals surface area contributed by atoms with Crippen LogP contribution >= 0.6 is 11.3 Å². The Labute approximate surface area is 216 Å². The van der Waals surface area contributed by atoms with Gasteiger partial charge in [-0.1, -0.05) is 24.7 Å². The maximum Gasteiger partial charge on any atom is 0.260 e. The summed E-state index contributed by atoms with van der Waals surface area (Å²) in [5, 5.41) is 0.496. The Kier molecular flexibility index (Phi) is 8.39. The molecule has 0 bridgehead atoms. The van der Waals surface area contributed by atoms with Gasteiger partial charge in [0.15, 0.2) is 5.13 Å². The van der Waals surface area contributed by atoms with Crippen molar-refractivity contribution in [2.45, 2.75) is 50.0 Å². The fraction of sp³-hybridized carbons (Fsp3) is 0.462. The number of halogens is 1. The lowest BCUT2D eigenvalue weighted by Gasteiger charge is -2.34. The molecule has 1 amide bonds. The number of fused-ring (bicyclic) bond motifs is 1. The first kappa shape index (κ1) is 26.7. The number of hydrogen-bond acceptors (Lipinski definition) is 6. The van der Waals surface area contributed by atoms with Crippen LogP contribution in [0.15, 0.2) is 47.4 Å². The highest BCUT2D eigenvalue weighted by Gasteiger charge is 2.32. The highest BCUT2D eigenvalue weighted by molar-refractivity contribution is 7.89. The van der Waals surface area contributed by atoms with Crippen LogP contribution in [0, 0.1) is 5.82 Å². The second-order valence-corrected chi connectivity index (χ2v) is 12.3. The van der Waals surface area contributed by atoms with E-state index in [0.29, 0.717) is 34.0 Å². The Morgan fingerprint density at radius 2 is 1.89 bits per heavy atom. The molecule has 36 heavy (non-hydrogen) atoms. The van der Waals surface area contributed by atoms with Gasteiger partial charge in [0, 0.05) is 24.7 Å². The first-order valence-corrected chi connectivity index (χ1v) is 14.6. The summed E-state index contributed by atoms with van der Waals surface area (Å²) >= 11 is 1.27. The molecule has 0 aliphatic carbocycles. The second kappa shape index (κ2) is 11.3. The SMILES string of the molecule is CCC1CCCCN1S(=O)(=O)c1ccc(C(=O)N(CCCN(C)C)c2nc3ccc(F)cc3s2)cc1. The summed E-state index contributed by atoms with van der Waals surface area (Å²) in [5.74, 6) is -0.611. The van der Waals surface area contributed by atoms with Gasteiger partial charge in [-0.3, -0.25) is 9.69 Å². The van der Waals surface area contributed by atoms with Crippen molar-refractivity contribution in [1.29, 1.82) is 0 Å². The molecule has 2 heterocycles. The average Bonchev–Trinajstić information content (AvgIpc) is 3.29. The van der Waals surface area contributed by atoms with Crippen molar-refractivity contribution in [3.8, 4) is 0 Å². The highest BCUT2D eigenvalue weighted by Crippen LogP contribution is 2.31. The summed E-state index contributed by atoms with van der Waals surface area (Å²) < 4.78 is 42.6. The number of carbonyl (C=O) groups excluding carboxylic acids is 1. The monoisotopic (exact) mass is 532 g/mol. The van der Waals surface area contributed by atoms with Crippen LogP contribution < -0.4 is 4.90 Å². The van der Waals surface area contributed by atoms with Gasteiger partial charge in [-0.25, -0.2) is 17.8 Å². The van der Waals surface area contributed by atoms with Crippen LogP contribution in [0.4, 0.5) is 9.52 Å². The number of piperidine rings is 1. The van der Waals surface area contributed by atoms with Gasteiger partial charge in [0.2, 0.25) is 10.0 Å². The van der Waals surface area contributed by atoms with Gasteiger partial charge < -0.3 is 4.90 Å². The van der Waals surface area contributed by atoms with Crippen LogP contribution in [-0.4, -0.2) is 68.3 Å². The summed E-state index contributed by atoms with van der Waals surface area (Å²) in [6.07, 6.45) is 4.28. The van der Waals surface area contributed by atoms with E-state index in [1.807, 2.05) is 25.9 Å². The molecular weight excluding hydrogens is 499 g/mol. The molecule has 1 saturated heterocycles. The molecule has 1 aromatic heterocycles. The number of anilines is 1. The van der Waals surface area contributed by atoms with E-state index in [9.17, 15) is 17.6 Å². The van der Waals surface area contributed by atoms with Gasteiger partial charge in [0.05, 0.1) is 15.1 Å². The summed E-state index contributed by atoms with van der Waals surface area (Å²) in [6, 6.07) is 10.6. The largest absolute Gasteiger partial charge is 0.309 e. The summed E-state index contributed by atoms with van der Waals surface area (Å²) in [6.45, 7) is 3.77. The van der Waals surface area contributed by atoms with Crippen LogP contribution in [0.3, 0.4) is 0 Å². The number of benzene rings is 2. The number of aromatic nitrogens is 1. The Morgan fingerprint density at radius 3 is 2.58 bits per heavy atom. The van der Waals surface area contributed by atoms with E-state index >= 15 is 0 Å². The fourth-order valence-corrected chi connectivity index (χ4v) is 7.37.